The highest BCUT2D eigenvalue weighted by Gasteiger charge is 2.17. The lowest BCUT2D eigenvalue weighted by Gasteiger charge is -2.11. The Bertz CT molecular complexity index is 791. The summed E-state index contributed by atoms with van der Waals surface area (Å²) in [6, 6.07) is 8.11. The number of benzene rings is 1. The fourth-order valence-electron chi connectivity index (χ4n) is 1.68. The number of oxime groups is 1. The number of anilines is 1. The van der Waals surface area contributed by atoms with Gasteiger partial charge in [0.2, 0.25) is 0 Å². The van der Waals surface area contributed by atoms with E-state index in [0.717, 1.165) is 0 Å². The van der Waals surface area contributed by atoms with E-state index in [1.54, 1.807) is 31.2 Å². The molecule has 1 aromatic carbocycles. The van der Waals surface area contributed by atoms with Crippen LogP contribution in [-0.4, -0.2) is 24.3 Å². The van der Waals surface area contributed by atoms with Gasteiger partial charge in [-0.15, -0.1) is 0 Å². The predicted molar refractivity (Wildman–Crippen MR) is 83.2 cm³/mol. The lowest BCUT2D eigenvalue weighted by Crippen LogP contribution is -2.15. The summed E-state index contributed by atoms with van der Waals surface area (Å²) in [6.07, 6.45) is 2.75. The van der Waals surface area contributed by atoms with Crippen LogP contribution in [-0.2, 0) is 10.0 Å². The summed E-state index contributed by atoms with van der Waals surface area (Å²) >= 11 is 3.18. The summed E-state index contributed by atoms with van der Waals surface area (Å²) in [6.45, 7) is 1.58. The molecule has 1 heterocycles. The van der Waals surface area contributed by atoms with Crippen molar-refractivity contribution in [3.63, 3.8) is 0 Å². The zero-order chi connectivity index (χ0) is 15.5. The van der Waals surface area contributed by atoms with Crippen LogP contribution >= 0.6 is 15.9 Å². The zero-order valence-corrected chi connectivity index (χ0v) is 13.4. The van der Waals surface area contributed by atoms with E-state index in [-0.39, 0.29) is 4.90 Å². The van der Waals surface area contributed by atoms with Gasteiger partial charge in [0.15, 0.2) is 0 Å². The van der Waals surface area contributed by atoms with Crippen LogP contribution in [0, 0.1) is 0 Å². The highest BCUT2D eigenvalue weighted by atomic mass is 79.9. The molecule has 2 aromatic rings. The Hall–Kier alpha value is -1.93. The van der Waals surface area contributed by atoms with Gasteiger partial charge in [0.05, 0.1) is 11.4 Å². The molecule has 0 bridgehead atoms. The van der Waals surface area contributed by atoms with Crippen LogP contribution in [0.1, 0.15) is 12.5 Å². The number of hydrogen-bond donors (Lipinski definition) is 2. The third kappa shape index (κ3) is 3.59. The molecule has 0 saturated heterocycles. The first kappa shape index (κ1) is 15.5. The van der Waals surface area contributed by atoms with Gasteiger partial charge in [-0.25, -0.2) is 8.42 Å². The van der Waals surface area contributed by atoms with Crippen molar-refractivity contribution in [1.29, 1.82) is 0 Å². The van der Waals surface area contributed by atoms with Crippen molar-refractivity contribution in [3.05, 3.63) is 52.8 Å². The largest absolute Gasteiger partial charge is 0.411 e. The summed E-state index contributed by atoms with van der Waals surface area (Å²) in [5, 5.41) is 12.0. The number of halogens is 1. The van der Waals surface area contributed by atoms with E-state index in [1.807, 2.05) is 0 Å². The van der Waals surface area contributed by atoms with E-state index in [2.05, 4.69) is 30.8 Å². The van der Waals surface area contributed by atoms with Crippen LogP contribution < -0.4 is 4.72 Å². The van der Waals surface area contributed by atoms with Gasteiger partial charge >= 0.3 is 0 Å². The van der Waals surface area contributed by atoms with Crippen molar-refractivity contribution in [2.24, 2.45) is 5.16 Å². The molecule has 0 aliphatic heterocycles. The molecule has 0 radical (unpaired) electrons. The summed E-state index contributed by atoms with van der Waals surface area (Å²) < 4.78 is 27.7. The van der Waals surface area contributed by atoms with Crippen molar-refractivity contribution in [3.8, 4) is 0 Å². The summed E-state index contributed by atoms with van der Waals surface area (Å²) in [7, 11) is -3.78. The summed E-state index contributed by atoms with van der Waals surface area (Å²) in [5.41, 5.74) is 1.12. The molecule has 0 aliphatic carbocycles. The molecule has 2 N–H and O–H groups in total. The minimum absolute atomic E-state index is 0.0327. The Labute approximate surface area is 130 Å². The number of aromatic nitrogens is 1. The van der Waals surface area contributed by atoms with Crippen LogP contribution in [0.15, 0.2) is 57.2 Å². The summed E-state index contributed by atoms with van der Waals surface area (Å²) in [5.74, 6) is 0. The SMILES string of the molecule is CC(=NO)c1ccccc1NS(=O)(=O)c1cncc(Br)c1. The molecule has 110 valence electrons. The molecule has 0 unspecified atom stereocenters. The average molecular weight is 370 g/mol. The quantitative estimate of drug-likeness (QED) is 0.492. The first-order valence-electron chi connectivity index (χ1n) is 5.85. The molecule has 0 atom stereocenters. The standard InChI is InChI=1S/C13H12BrN3O3S/c1-9(16-18)12-4-2-3-5-13(12)17-21(19,20)11-6-10(14)7-15-8-11/h2-8,17-18H,1H3. The zero-order valence-electron chi connectivity index (χ0n) is 11.0. The van der Waals surface area contributed by atoms with Gasteiger partial charge in [-0.05, 0) is 35.0 Å². The maximum atomic E-state index is 12.3. The highest BCUT2D eigenvalue weighted by molar-refractivity contribution is 9.10. The Kier molecular flexibility index (Phi) is 4.59. The maximum Gasteiger partial charge on any atom is 0.263 e. The van der Waals surface area contributed by atoms with E-state index in [0.29, 0.717) is 21.4 Å². The molecule has 0 aliphatic rings. The van der Waals surface area contributed by atoms with Gasteiger partial charge in [-0.3, -0.25) is 9.71 Å². The van der Waals surface area contributed by atoms with Crippen molar-refractivity contribution in [2.45, 2.75) is 11.8 Å². The van der Waals surface area contributed by atoms with Gasteiger partial charge in [-0.2, -0.15) is 0 Å². The molecule has 0 saturated carbocycles. The molecule has 6 nitrogen and oxygen atoms in total. The number of hydrogen-bond acceptors (Lipinski definition) is 5. The minimum atomic E-state index is -3.78. The Morgan fingerprint density at radius 3 is 2.71 bits per heavy atom. The number of sulfonamides is 1. The molecular formula is C13H12BrN3O3S. The predicted octanol–water partition coefficient (Wildman–Crippen LogP) is 2.84. The third-order valence-corrected chi connectivity index (χ3v) is 4.47. The molecule has 21 heavy (non-hydrogen) atoms. The van der Waals surface area contributed by atoms with Crippen LogP contribution in [0.5, 0.6) is 0 Å². The summed E-state index contributed by atoms with van der Waals surface area (Å²) in [4.78, 5) is 3.87. The second-order valence-electron chi connectivity index (χ2n) is 4.18. The fraction of sp³-hybridized carbons (Fsp3) is 0.0769. The highest BCUT2D eigenvalue weighted by Crippen LogP contribution is 2.21. The molecule has 0 spiro atoms. The van der Waals surface area contributed by atoms with Crippen molar-refractivity contribution >= 4 is 37.4 Å². The lowest BCUT2D eigenvalue weighted by atomic mass is 10.1. The fourth-order valence-corrected chi connectivity index (χ4v) is 3.27. The average Bonchev–Trinajstić information content (AvgIpc) is 2.46. The first-order valence-corrected chi connectivity index (χ1v) is 8.13. The van der Waals surface area contributed by atoms with Gasteiger partial charge in [-0.1, -0.05) is 23.4 Å². The smallest absolute Gasteiger partial charge is 0.263 e. The van der Waals surface area contributed by atoms with Gasteiger partial charge in [0, 0.05) is 22.4 Å². The first-order chi connectivity index (χ1) is 9.94. The van der Waals surface area contributed by atoms with E-state index in [9.17, 15) is 8.42 Å². The van der Waals surface area contributed by atoms with Crippen molar-refractivity contribution in [1.82, 2.24) is 4.98 Å². The Morgan fingerprint density at radius 2 is 2.05 bits per heavy atom. The Balaban J connectivity index is 2.43. The Morgan fingerprint density at radius 1 is 1.33 bits per heavy atom. The normalized spacial score (nSPS) is 12.2. The van der Waals surface area contributed by atoms with Crippen molar-refractivity contribution < 1.29 is 13.6 Å². The van der Waals surface area contributed by atoms with Crippen LogP contribution in [0.25, 0.3) is 0 Å². The van der Waals surface area contributed by atoms with Crippen LogP contribution in [0.2, 0.25) is 0 Å². The number of nitrogens with one attached hydrogen (secondary N) is 1. The number of rotatable bonds is 4. The second-order valence-corrected chi connectivity index (χ2v) is 6.77. The van der Waals surface area contributed by atoms with Gasteiger partial charge in [0.1, 0.15) is 4.90 Å². The number of pyridine rings is 1. The van der Waals surface area contributed by atoms with Crippen molar-refractivity contribution in [2.75, 3.05) is 4.72 Å². The lowest BCUT2D eigenvalue weighted by molar-refractivity contribution is 0.319. The van der Waals surface area contributed by atoms with E-state index < -0.39 is 10.0 Å². The number of para-hydroxylation sites is 1. The maximum absolute atomic E-state index is 12.3. The van der Waals surface area contributed by atoms with E-state index in [1.165, 1.54) is 18.5 Å². The van der Waals surface area contributed by atoms with E-state index in [4.69, 9.17) is 5.21 Å². The number of nitrogens with zero attached hydrogens (tertiary/aromatic N) is 2. The minimum Gasteiger partial charge on any atom is -0.411 e. The third-order valence-electron chi connectivity index (χ3n) is 2.70. The molecule has 0 fully saturated rings. The molecule has 1 aromatic heterocycles. The monoisotopic (exact) mass is 369 g/mol. The van der Waals surface area contributed by atoms with Gasteiger partial charge < -0.3 is 5.21 Å². The molecule has 8 heteroatoms. The van der Waals surface area contributed by atoms with Crippen LogP contribution in [0.3, 0.4) is 0 Å². The molecule has 0 amide bonds. The van der Waals surface area contributed by atoms with Gasteiger partial charge in [0.25, 0.3) is 10.0 Å². The topological polar surface area (TPSA) is 91.7 Å². The van der Waals surface area contributed by atoms with E-state index >= 15 is 0 Å². The second kappa shape index (κ2) is 6.23. The van der Waals surface area contributed by atoms with Crippen LogP contribution in [0.4, 0.5) is 5.69 Å². The molecular weight excluding hydrogens is 358 g/mol. The molecule has 2 rings (SSSR count).